The molecule has 1 aromatic rings. The maximum atomic E-state index is 12.6. The second kappa shape index (κ2) is 5.64. The van der Waals surface area contributed by atoms with Crippen molar-refractivity contribution in [1.82, 2.24) is 4.90 Å². The summed E-state index contributed by atoms with van der Waals surface area (Å²) in [6.07, 6.45) is 2.41. The van der Waals surface area contributed by atoms with E-state index in [1.54, 1.807) is 0 Å². The normalized spacial score (nSPS) is 16.4. The van der Waals surface area contributed by atoms with Crippen LogP contribution in [0.15, 0.2) is 24.3 Å². The molecule has 1 aliphatic carbocycles. The van der Waals surface area contributed by atoms with Crippen molar-refractivity contribution in [3.63, 3.8) is 0 Å². The Morgan fingerprint density at radius 2 is 2.05 bits per heavy atom. The Bertz CT molecular complexity index is 452. The molecule has 0 saturated heterocycles. The first kappa shape index (κ1) is 13.9. The van der Waals surface area contributed by atoms with Crippen LogP contribution in [-0.4, -0.2) is 16.8 Å². The molecule has 0 aromatic heterocycles. The second-order valence-electron chi connectivity index (χ2n) is 5.93. The smallest absolute Gasteiger partial charge is 0.226 e. The Morgan fingerprint density at radius 3 is 2.58 bits per heavy atom. The number of nitrogen functional groups attached to an aromatic ring is 1. The van der Waals surface area contributed by atoms with E-state index >= 15 is 0 Å². The van der Waals surface area contributed by atoms with Crippen molar-refractivity contribution in [3.05, 3.63) is 29.8 Å². The standard InChI is InChI=1S/C16H24N2O/c1-11(2)18(16(19)12(3)14-7-8-14)10-13-5-4-6-15(17)9-13/h4-6,9,11-12,14H,7-8,10,17H2,1-3H3. The van der Waals surface area contributed by atoms with Crippen LogP contribution in [0.2, 0.25) is 0 Å². The summed E-state index contributed by atoms with van der Waals surface area (Å²) in [7, 11) is 0. The van der Waals surface area contributed by atoms with Gasteiger partial charge in [-0.15, -0.1) is 0 Å². The molecule has 104 valence electrons. The summed E-state index contributed by atoms with van der Waals surface area (Å²) in [4.78, 5) is 14.5. The lowest BCUT2D eigenvalue weighted by Crippen LogP contribution is -2.40. The van der Waals surface area contributed by atoms with Crippen molar-refractivity contribution in [3.8, 4) is 0 Å². The maximum absolute atomic E-state index is 12.6. The average Bonchev–Trinajstić information content (AvgIpc) is 3.18. The summed E-state index contributed by atoms with van der Waals surface area (Å²) < 4.78 is 0. The fourth-order valence-corrected chi connectivity index (χ4v) is 2.46. The summed E-state index contributed by atoms with van der Waals surface area (Å²) in [6.45, 7) is 6.86. The van der Waals surface area contributed by atoms with E-state index in [0.717, 1.165) is 11.3 Å². The monoisotopic (exact) mass is 260 g/mol. The molecule has 0 spiro atoms. The highest BCUT2D eigenvalue weighted by Crippen LogP contribution is 2.37. The highest BCUT2D eigenvalue weighted by atomic mass is 16.2. The molecule has 1 atom stereocenters. The van der Waals surface area contributed by atoms with E-state index < -0.39 is 0 Å². The lowest BCUT2D eigenvalue weighted by molar-refractivity contribution is -0.138. The van der Waals surface area contributed by atoms with Crippen molar-refractivity contribution in [2.75, 3.05) is 5.73 Å². The van der Waals surface area contributed by atoms with Crippen LogP contribution in [0.25, 0.3) is 0 Å². The van der Waals surface area contributed by atoms with E-state index in [1.165, 1.54) is 12.8 Å². The van der Waals surface area contributed by atoms with Crippen LogP contribution in [0.4, 0.5) is 5.69 Å². The minimum Gasteiger partial charge on any atom is -0.399 e. The molecule has 0 heterocycles. The van der Waals surface area contributed by atoms with Crippen LogP contribution in [-0.2, 0) is 11.3 Å². The average molecular weight is 260 g/mol. The molecule has 1 aromatic carbocycles. The van der Waals surface area contributed by atoms with Gasteiger partial charge in [0.1, 0.15) is 0 Å². The number of rotatable bonds is 5. The van der Waals surface area contributed by atoms with Crippen molar-refractivity contribution in [1.29, 1.82) is 0 Å². The number of hydrogen-bond acceptors (Lipinski definition) is 2. The molecule has 1 aliphatic rings. The first-order valence-electron chi connectivity index (χ1n) is 7.14. The highest BCUT2D eigenvalue weighted by molar-refractivity contribution is 5.79. The van der Waals surface area contributed by atoms with E-state index in [4.69, 9.17) is 5.73 Å². The molecule has 19 heavy (non-hydrogen) atoms. The Morgan fingerprint density at radius 1 is 1.37 bits per heavy atom. The minimum absolute atomic E-state index is 0.156. The molecular formula is C16H24N2O. The highest BCUT2D eigenvalue weighted by Gasteiger charge is 2.35. The van der Waals surface area contributed by atoms with E-state index in [-0.39, 0.29) is 17.9 Å². The first-order valence-corrected chi connectivity index (χ1v) is 7.14. The fraction of sp³-hybridized carbons (Fsp3) is 0.562. The van der Waals surface area contributed by atoms with Crippen molar-refractivity contribution in [2.24, 2.45) is 11.8 Å². The maximum Gasteiger partial charge on any atom is 0.226 e. The molecule has 0 radical (unpaired) electrons. The zero-order valence-corrected chi connectivity index (χ0v) is 12.1. The van der Waals surface area contributed by atoms with Gasteiger partial charge in [-0.25, -0.2) is 0 Å². The fourth-order valence-electron chi connectivity index (χ4n) is 2.46. The number of nitrogens with zero attached hydrogens (tertiary/aromatic N) is 1. The van der Waals surface area contributed by atoms with Gasteiger partial charge in [0.15, 0.2) is 0 Å². The topological polar surface area (TPSA) is 46.3 Å². The lowest BCUT2D eigenvalue weighted by atomic mass is 10.0. The van der Waals surface area contributed by atoms with Gasteiger partial charge in [0.2, 0.25) is 5.91 Å². The Balaban J connectivity index is 2.09. The third-order valence-corrected chi connectivity index (χ3v) is 3.93. The van der Waals surface area contributed by atoms with Crippen LogP contribution in [0.3, 0.4) is 0 Å². The van der Waals surface area contributed by atoms with Gasteiger partial charge in [-0.2, -0.15) is 0 Å². The zero-order chi connectivity index (χ0) is 14.0. The summed E-state index contributed by atoms with van der Waals surface area (Å²) in [5, 5.41) is 0. The van der Waals surface area contributed by atoms with E-state index in [1.807, 2.05) is 29.2 Å². The Labute approximate surface area is 115 Å². The van der Waals surface area contributed by atoms with Gasteiger partial charge >= 0.3 is 0 Å². The molecule has 3 nitrogen and oxygen atoms in total. The predicted molar refractivity (Wildman–Crippen MR) is 78.4 cm³/mol. The zero-order valence-electron chi connectivity index (χ0n) is 12.1. The predicted octanol–water partition coefficient (Wildman–Crippen LogP) is 3.05. The van der Waals surface area contributed by atoms with E-state index in [2.05, 4.69) is 20.8 Å². The number of hydrogen-bond donors (Lipinski definition) is 1. The number of carbonyl (C=O) groups is 1. The third-order valence-electron chi connectivity index (χ3n) is 3.93. The number of nitrogens with two attached hydrogens (primary N) is 1. The van der Waals surface area contributed by atoms with Crippen LogP contribution < -0.4 is 5.73 Å². The van der Waals surface area contributed by atoms with Gasteiger partial charge in [0.05, 0.1) is 0 Å². The molecule has 1 amide bonds. The van der Waals surface area contributed by atoms with Gasteiger partial charge in [-0.3, -0.25) is 4.79 Å². The summed E-state index contributed by atoms with van der Waals surface area (Å²) in [5.41, 5.74) is 7.66. The second-order valence-corrected chi connectivity index (χ2v) is 5.93. The quantitative estimate of drug-likeness (QED) is 0.827. The van der Waals surface area contributed by atoms with Gasteiger partial charge in [0.25, 0.3) is 0 Å². The van der Waals surface area contributed by atoms with Crippen molar-refractivity contribution >= 4 is 11.6 Å². The largest absolute Gasteiger partial charge is 0.399 e. The van der Waals surface area contributed by atoms with Gasteiger partial charge in [-0.05, 0) is 50.3 Å². The third kappa shape index (κ3) is 3.49. The number of carbonyl (C=O) groups excluding carboxylic acids is 1. The molecule has 2 N–H and O–H groups in total. The molecule has 0 aliphatic heterocycles. The molecule has 1 unspecified atom stereocenters. The molecule has 1 fully saturated rings. The van der Waals surface area contributed by atoms with Crippen molar-refractivity contribution < 1.29 is 4.79 Å². The number of amides is 1. The van der Waals surface area contributed by atoms with E-state index in [9.17, 15) is 4.79 Å². The van der Waals surface area contributed by atoms with Crippen molar-refractivity contribution in [2.45, 2.75) is 46.2 Å². The van der Waals surface area contributed by atoms with Crippen LogP contribution in [0, 0.1) is 11.8 Å². The van der Waals surface area contributed by atoms with E-state index in [0.29, 0.717) is 12.5 Å². The summed E-state index contributed by atoms with van der Waals surface area (Å²) >= 11 is 0. The van der Waals surface area contributed by atoms with Crippen LogP contribution in [0.1, 0.15) is 39.2 Å². The van der Waals surface area contributed by atoms with Crippen LogP contribution >= 0.6 is 0 Å². The first-order chi connectivity index (χ1) is 8.99. The van der Waals surface area contributed by atoms with Gasteiger partial charge < -0.3 is 10.6 Å². The number of benzene rings is 1. The Kier molecular flexibility index (Phi) is 4.13. The summed E-state index contributed by atoms with van der Waals surface area (Å²) in [6, 6.07) is 8.01. The number of anilines is 1. The SMILES string of the molecule is CC(C(=O)N(Cc1cccc(N)c1)C(C)C)C1CC1. The minimum atomic E-state index is 0.156. The van der Waals surface area contributed by atoms with Gasteiger partial charge in [0, 0.05) is 24.2 Å². The summed E-state index contributed by atoms with van der Waals surface area (Å²) in [5.74, 6) is 1.04. The van der Waals surface area contributed by atoms with Crippen LogP contribution in [0.5, 0.6) is 0 Å². The molecule has 2 rings (SSSR count). The molecule has 1 saturated carbocycles. The lowest BCUT2D eigenvalue weighted by Gasteiger charge is -2.29. The molecular weight excluding hydrogens is 236 g/mol. The van der Waals surface area contributed by atoms with Gasteiger partial charge in [-0.1, -0.05) is 19.1 Å². The molecule has 0 bridgehead atoms. The molecule has 3 heteroatoms. The Hall–Kier alpha value is -1.51.